The fourth-order valence-electron chi connectivity index (χ4n) is 3.09. The molecule has 0 atom stereocenters. The maximum absolute atomic E-state index is 12.6. The van der Waals surface area contributed by atoms with Gasteiger partial charge in [-0.05, 0) is 67.1 Å². The third-order valence-electron chi connectivity index (χ3n) is 4.23. The van der Waals surface area contributed by atoms with Gasteiger partial charge < -0.3 is 5.11 Å². The first-order valence-corrected chi connectivity index (χ1v) is 9.93. The summed E-state index contributed by atoms with van der Waals surface area (Å²) in [6.45, 7) is 0.640. The van der Waals surface area contributed by atoms with Gasteiger partial charge in [0.2, 0.25) is 0 Å². The number of aromatic hydroxyl groups is 1. The molecule has 0 unspecified atom stereocenters. The van der Waals surface area contributed by atoms with Crippen LogP contribution in [0, 0.1) is 5.92 Å². The maximum atomic E-state index is 12.6. The molecule has 1 fully saturated rings. The van der Waals surface area contributed by atoms with Crippen LogP contribution in [-0.2, 0) is 16.3 Å². The Labute approximate surface area is 137 Å². The van der Waals surface area contributed by atoms with Crippen LogP contribution in [0.5, 0.6) is 5.75 Å². The van der Waals surface area contributed by atoms with Crippen molar-refractivity contribution in [3.8, 4) is 5.75 Å². The highest BCUT2D eigenvalue weighted by Gasteiger charge is 2.23. The second-order valence-corrected chi connectivity index (χ2v) is 8.41. The molecule has 2 rings (SSSR count). The molecule has 0 aliphatic heterocycles. The minimum absolute atomic E-state index is 0.0125. The lowest BCUT2D eigenvalue weighted by Gasteiger charge is -2.21. The van der Waals surface area contributed by atoms with E-state index in [1.54, 1.807) is 12.1 Å². The van der Waals surface area contributed by atoms with Gasteiger partial charge in [0.1, 0.15) is 5.75 Å². The zero-order chi connectivity index (χ0) is 16.0. The lowest BCUT2D eigenvalue weighted by Crippen LogP contribution is -2.19. The van der Waals surface area contributed by atoms with Gasteiger partial charge in [-0.1, -0.05) is 19.3 Å². The molecule has 0 bridgehead atoms. The summed E-state index contributed by atoms with van der Waals surface area (Å²) < 4.78 is 25.2. The van der Waals surface area contributed by atoms with E-state index in [0.29, 0.717) is 13.0 Å². The molecule has 0 heterocycles. The first-order valence-electron chi connectivity index (χ1n) is 7.90. The molecule has 0 saturated heterocycles. The van der Waals surface area contributed by atoms with E-state index in [1.807, 2.05) is 0 Å². The fourth-order valence-corrected chi connectivity index (χ4v) is 5.00. The Hall–Kier alpha value is -0.780. The number of hydrogen-bond acceptors (Lipinski definition) is 4. The second kappa shape index (κ2) is 8.18. The van der Waals surface area contributed by atoms with Gasteiger partial charge in [0.25, 0.3) is 0 Å². The zero-order valence-electron chi connectivity index (χ0n) is 12.7. The van der Waals surface area contributed by atoms with E-state index in [2.05, 4.69) is 4.84 Å². The molecule has 0 amide bonds. The topological polar surface area (TPSA) is 66.4 Å². The van der Waals surface area contributed by atoms with E-state index >= 15 is 0 Å². The van der Waals surface area contributed by atoms with Crippen LogP contribution in [0.3, 0.4) is 0 Å². The highest BCUT2D eigenvalue weighted by Crippen LogP contribution is 2.28. The smallest absolute Gasteiger partial charge is 0.178 e. The molecule has 1 aromatic rings. The van der Waals surface area contributed by atoms with Crippen molar-refractivity contribution >= 4 is 21.6 Å². The van der Waals surface area contributed by atoms with Gasteiger partial charge >= 0.3 is 0 Å². The predicted octanol–water partition coefficient (Wildman–Crippen LogP) is 3.42. The Kier molecular flexibility index (Phi) is 6.53. The van der Waals surface area contributed by atoms with Crippen molar-refractivity contribution in [2.75, 3.05) is 12.3 Å². The monoisotopic (exact) mass is 345 g/mol. The number of rotatable bonds is 7. The summed E-state index contributed by atoms with van der Waals surface area (Å²) in [5.41, 5.74) is 0.828. The lowest BCUT2D eigenvalue weighted by molar-refractivity contribution is 0.385. The molecule has 0 aromatic heterocycles. The number of phenols is 1. The van der Waals surface area contributed by atoms with Crippen molar-refractivity contribution in [2.24, 2.45) is 5.92 Å². The van der Waals surface area contributed by atoms with Crippen LogP contribution < -0.4 is 4.84 Å². The Morgan fingerprint density at radius 3 is 2.59 bits per heavy atom. The molecule has 6 heteroatoms. The predicted molar refractivity (Wildman–Crippen MR) is 88.9 cm³/mol. The SMILES string of the molecule is O=S(=O)(CC1CCCCC1)c1cc(O)cc(CCCNCl)c1. The molecule has 1 aliphatic rings. The molecule has 0 radical (unpaired) electrons. The van der Waals surface area contributed by atoms with Crippen LogP contribution in [0.2, 0.25) is 0 Å². The van der Waals surface area contributed by atoms with E-state index in [4.69, 9.17) is 11.8 Å². The lowest BCUT2D eigenvalue weighted by atomic mass is 9.91. The van der Waals surface area contributed by atoms with Crippen molar-refractivity contribution < 1.29 is 13.5 Å². The van der Waals surface area contributed by atoms with Crippen LogP contribution in [0.1, 0.15) is 44.1 Å². The van der Waals surface area contributed by atoms with Crippen molar-refractivity contribution in [3.63, 3.8) is 0 Å². The number of aryl methyl sites for hydroxylation is 1. The van der Waals surface area contributed by atoms with Gasteiger partial charge in [-0.25, -0.2) is 13.3 Å². The number of halogens is 1. The number of phenolic OH excluding ortho intramolecular Hbond substituents is 1. The number of benzene rings is 1. The summed E-state index contributed by atoms with van der Waals surface area (Å²) in [5.74, 6) is 0.461. The molecule has 1 aliphatic carbocycles. The molecule has 0 spiro atoms. The summed E-state index contributed by atoms with van der Waals surface area (Å²) in [6, 6.07) is 4.67. The summed E-state index contributed by atoms with van der Waals surface area (Å²) in [5, 5.41) is 9.81. The van der Waals surface area contributed by atoms with Gasteiger partial charge in [0.15, 0.2) is 9.84 Å². The summed E-state index contributed by atoms with van der Waals surface area (Å²) >= 11 is 5.42. The Morgan fingerprint density at radius 2 is 1.91 bits per heavy atom. The fraction of sp³-hybridized carbons (Fsp3) is 0.625. The third kappa shape index (κ3) is 5.14. The van der Waals surface area contributed by atoms with Crippen molar-refractivity contribution in [2.45, 2.75) is 49.8 Å². The summed E-state index contributed by atoms with van der Waals surface area (Å²) in [7, 11) is -3.34. The average molecular weight is 346 g/mol. The van der Waals surface area contributed by atoms with E-state index in [9.17, 15) is 13.5 Å². The Bertz CT molecular complexity index is 583. The quantitative estimate of drug-likeness (QED) is 0.587. The molecule has 1 saturated carbocycles. The van der Waals surface area contributed by atoms with Crippen LogP contribution in [0.15, 0.2) is 23.1 Å². The van der Waals surface area contributed by atoms with Crippen molar-refractivity contribution in [1.29, 1.82) is 0 Å². The number of sulfone groups is 1. The maximum Gasteiger partial charge on any atom is 0.178 e. The van der Waals surface area contributed by atoms with Gasteiger partial charge in [-0.15, -0.1) is 0 Å². The van der Waals surface area contributed by atoms with Gasteiger partial charge in [-0.3, -0.25) is 0 Å². The molecule has 1 aromatic carbocycles. The van der Waals surface area contributed by atoms with Crippen LogP contribution >= 0.6 is 11.8 Å². The van der Waals surface area contributed by atoms with Gasteiger partial charge in [-0.2, -0.15) is 0 Å². The van der Waals surface area contributed by atoms with Crippen molar-refractivity contribution in [3.05, 3.63) is 23.8 Å². The van der Waals surface area contributed by atoms with Crippen molar-refractivity contribution in [1.82, 2.24) is 4.84 Å². The molecule has 4 nitrogen and oxygen atoms in total. The molecule has 124 valence electrons. The normalized spacial score (nSPS) is 16.8. The largest absolute Gasteiger partial charge is 0.508 e. The van der Waals surface area contributed by atoms with Crippen LogP contribution in [0.25, 0.3) is 0 Å². The molecule has 2 N–H and O–H groups in total. The minimum atomic E-state index is -3.34. The van der Waals surface area contributed by atoms with E-state index in [0.717, 1.165) is 37.7 Å². The first-order chi connectivity index (χ1) is 10.5. The third-order valence-corrected chi connectivity index (χ3v) is 6.28. The number of nitrogens with one attached hydrogen (secondary N) is 1. The Balaban J connectivity index is 2.11. The summed E-state index contributed by atoms with van der Waals surface area (Å²) in [4.78, 5) is 2.79. The highest BCUT2D eigenvalue weighted by atomic mass is 35.5. The summed E-state index contributed by atoms with van der Waals surface area (Å²) in [6.07, 6.45) is 6.91. The standard InChI is InChI=1S/C16H24ClNO3S/c17-18-8-4-7-14-9-15(19)11-16(10-14)22(20,21)12-13-5-2-1-3-6-13/h9-11,13,18-19H,1-8,12H2. The first kappa shape index (κ1) is 17.6. The molecule has 22 heavy (non-hydrogen) atoms. The Morgan fingerprint density at radius 1 is 1.18 bits per heavy atom. The molecular formula is C16H24ClNO3S. The second-order valence-electron chi connectivity index (χ2n) is 6.11. The van der Waals surface area contributed by atoms with Gasteiger partial charge in [0, 0.05) is 6.54 Å². The molecular weight excluding hydrogens is 322 g/mol. The minimum Gasteiger partial charge on any atom is -0.508 e. The van der Waals surface area contributed by atoms with Crippen LogP contribution in [-0.4, -0.2) is 25.8 Å². The highest BCUT2D eigenvalue weighted by molar-refractivity contribution is 7.91. The van der Waals surface area contributed by atoms with Crippen LogP contribution in [0.4, 0.5) is 0 Å². The zero-order valence-corrected chi connectivity index (χ0v) is 14.3. The number of hydrogen-bond donors (Lipinski definition) is 2. The van der Waals surface area contributed by atoms with E-state index < -0.39 is 9.84 Å². The van der Waals surface area contributed by atoms with Gasteiger partial charge in [0.05, 0.1) is 10.6 Å². The van der Waals surface area contributed by atoms with E-state index in [-0.39, 0.29) is 22.3 Å². The average Bonchev–Trinajstić information content (AvgIpc) is 2.47. The van der Waals surface area contributed by atoms with E-state index in [1.165, 1.54) is 12.5 Å².